The maximum absolute atomic E-state index is 6.19. The number of rotatable bonds is 3. The van der Waals surface area contributed by atoms with Gasteiger partial charge in [-0.2, -0.15) is 0 Å². The normalized spacial score (nSPS) is 11.9. The lowest BCUT2D eigenvalue weighted by molar-refractivity contribution is 0.668. The molecule has 0 fully saturated rings. The second-order valence-corrected chi connectivity index (χ2v) is 14.6. The summed E-state index contributed by atoms with van der Waals surface area (Å²) in [5.74, 6) is 0. The van der Waals surface area contributed by atoms with E-state index in [4.69, 9.17) is 8.83 Å². The van der Waals surface area contributed by atoms with Gasteiger partial charge in [-0.1, -0.05) is 97.1 Å². The van der Waals surface area contributed by atoms with E-state index in [1.165, 1.54) is 44.5 Å². The Kier molecular flexibility index (Phi) is 6.60. The van der Waals surface area contributed by atoms with Crippen LogP contribution in [0.2, 0.25) is 0 Å². The van der Waals surface area contributed by atoms with Gasteiger partial charge in [-0.05, 0) is 139 Å². The standard InChI is InChI=1S/C52H30N2O2/c1-2-8-38-37(7-1)39-9-3-4-11-41(39)43-16-13-31(26-44(43)42-12-6-5-10-40(38)42)34-23-35(32-14-17-49-45(27-32)47-29-53-21-19-51(47)55-49)25-36(24-34)33-15-18-50-46(28-33)48-30-54-22-20-52(48)56-50/h1-30H. The van der Waals surface area contributed by atoms with E-state index >= 15 is 0 Å². The molecule has 0 N–H and O–H groups in total. The molecule has 4 heteroatoms. The van der Waals surface area contributed by atoms with Crippen molar-refractivity contribution in [3.8, 4) is 77.9 Å². The molecular weight excluding hydrogens is 685 g/mol. The molecule has 11 aromatic rings. The van der Waals surface area contributed by atoms with Crippen LogP contribution in [0.25, 0.3) is 122 Å². The molecule has 0 bridgehead atoms. The third kappa shape index (κ3) is 4.73. The van der Waals surface area contributed by atoms with Crippen molar-refractivity contribution in [2.24, 2.45) is 0 Å². The van der Waals surface area contributed by atoms with E-state index in [9.17, 15) is 0 Å². The van der Waals surface area contributed by atoms with Crippen molar-refractivity contribution in [1.29, 1.82) is 0 Å². The number of fused-ring (bicyclic) bond motifs is 14. The Morgan fingerprint density at radius 2 is 0.625 bits per heavy atom. The van der Waals surface area contributed by atoms with Gasteiger partial charge in [0.05, 0.1) is 0 Å². The van der Waals surface area contributed by atoms with Gasteiger partial charge in [0.1, 0.15) is 22.3 Å². The smallest absolute Gasteiger partial charge is 0.138 e. The minimum Gasteiger partial charge on any atom is -0.456 e. The molecule has 0 saturated heterocycles. The molecule has 0 spiro atoms. The first-order valence-corrected chi connectivity index (χ1v) is 18.8. The quantitative estimate of drug-likeness (QED) is 0.183. The number of pyridine rings is 2. The van der Waals surface area contributed by atoms with Gasteiger partial charge in [-0.3, -0.25) is 9.97 Å². The Labute approximate surface area is 322 Å². The van der Waals surface area contributed by atoms with E-state index in [-0.39, 0.29) is 0 Å². The first-order valence-electron chi connectivity index (χ1n) is 18.8. The first-order chi connectivity index (χ1) is 27.7. The molecule has 1 aliphatic carbocycles. The van der Waals surface area contributed by atoms with E-state index in [1.807, 2.05) is 24.5 Å². The topological polar surface area (TPSA) is 52.1 Å². The van der Waals surface area contributed by atoms with Crippen LogP contribution in [0.5, 0.6) is 0 Å². The molecule has 0 amide bonds. The van der Waals surface area contributed by atoms with Crippen molar-refractivity contribution >= 4 is 43.9 Å². The number of hydrogen-bond acceptors (Lipinski definition) is 4. The average molecular weight is 715 g/mol. The molecule has 4 aromatic heterocycles. The van der Waals surface area contributed by atoms with Gasteiger partial charge in [0.25, 0.3) is 0 Å². The van der Waals surface area contributed by atoms with Crippen molar-refractivity contribution in [2.45, 2.75) is 0 Å². The Balaban J connectivity index is 1.10. The molecule has 4 nitrogen and oxygen atoms in total. The van der Waals surface area contributed by atoms with Crippen molar-refractivity contribution in [3.05, 3.63) is 183 Å². The molecule has 0 aliphatic heterocycles. The second kappa shape index (κ2) is 12.0. The van der Waals surface area contributed by atoms with Crippen molar-refractivity contribution in [2.75, 3.05) is 0 Å². The van der Waals surface area contributed by atoms with Gasteiger partial charge in [-0.15, -0.1) is 0 Å². The highest BCUT2D eigenvalue weighted by molar-refractivity contribution is 6.08. The lowest BCUT2D eigenvalue weighted by Gasteiger charge is -2.23. The zero-order valence-electron chi connectivity index (χ0n) is 30.0. The monoisotopic (exact) mass is 714 g/mol. The Morgan fingerprint density at radius 3 is 1.07 bits per heavy atom. The van der Waals surface area contributed by atoms with Gasteiger partial charge >= 0.3 is 0 Å². The zero-order valence-corrected chi connectivity index (χ0v) is 30.0. The lowest BCUT2D eigenvalue weighted by atomic mass is 9.80. The van der Waals surface area contributed by atoms with Crippen LogP contribution in [0.15, 0.2) is 191 Å². The Morgan fingerprint density at radius 1 is 0.268 bits per heavy atom. The van der Waals surface area contributed by atoms with Gasteiger partial charge in [0.15, 0.2) is 0 Å². The fourth-order valence-corrected chi connectivity index (χ4v) is 8.77. The predicted octanol–water partition coefficient (Wildman–Crippen LogP) is 14.3. The van der Waals surface area contributed by atoms with Crippen LogP contribution in [0.4, 0.5) is 0 Å². The summed E-state index contributed by atoms with van der Waals surface area (Å²) in [7, 11) is 0. The van der Waals surface area contributed by atoms with Crippen molar-refractivity contribution in [3.63, 3.8) is 0 Å². The summed E-state index contributed by atoms with van der Waals surface area (Å²) in [6, 6.07) is 57.1. The molecule has 4 heterocycles. The number of hydrogen-bond donors (Lipinski definition) is 0. The Hall–Kier alpha value is -7.56. The molecule has 0 saturated carbocycles. The minimum absolute atomic E-state index is 0.835. The summed E-state index contributed by atoms with van der Waals surface area (Å²) in [6.07, 6.45) is 7.32. The average Bonchev–Trinajstić information content (AvgIpc) is 3.83. The van der Waals surface area contributed by atoms with Crippen LogP contribution in [0.1, 0.15) is 0 Å². The molecule has 0 atom stereocenters. The number of furan rings is 2. The molecule has 0 radical (unpaired) electrons. The third-order valence-corrected chi connectivity index (χ3v) is 11.4. The molecule has 1 aliphatic rings. The van der Waals surface area contributed by atoms with Crippen molar-refractivity contribution in [1.82, 2.24) is 9.97 Å². The summed E-state index contributed by atoms with van der Waals surface area (Å²) in [4.78, 5) is 8.81. The molecule has 12 rings (SSSR count). The van der Waals surface area contributed by atoms with Crippen LogP contribution < -0.4 is 0 Å². The summed E-state index contributed by atoms with van der Waals surface area (Å²) < 4.78 is 12.4. The first kappa shape index (κ1) is 30.9. The molecule has 260 valence electrons. The van der Waals surface area contributed by atoms with Gasteiger partial charge < -0.3 is 8.83 Å². The second-order valence-electron chi connectivity index (χ2n) is 14.6. The van der Waals surface area contributed by atoms with Gasteiger partial charge in [-0.25, -0.2) is 0 Å². The lowest BCUT2D eigenvalue weighted by Crippen LogP contribution is -1.97. The SMILES string of the molecule is c1ccc2c(c1)-c1ccccc1-c1ccc(-c3cc(-c4ccc5oc6ccncc6c5c4)cc(-c4ccc5oc6ccncc6c5c4)c3)cc1-c1ccccc1-2. The van der Waals surface area contributed by atoms with Crippen molar-refractivity contribution < 1.29 is 8.83 Å². The fraction of sp³-hybridized carbons (Fsp3) is 0. The number of aromatic nitrogens is 2. The largest absolute Gasteiger partial charge is 0.456 e. The summed E-state index contributed by atoms with van der Waals surface area (Å²) >= 11 is 0. The van der Waals surface area contributed by atoms with Crippen LogP contribution in [0.3, 0.4) is 0 Å². The van der Waals surface area contributed by atoms with E-state index in [0.717, 1.165) is 77.3 Å². The maximum Gasteiger partial charge on any atom is 0.138 e. The highest BCUT2D eigenvalue weighted by Gasteiger charge is 2.22. The summed E-state index contributed by atoms with van der Waals surface area (Å²) in [6.45, 7) is 0. The Bertz CT molecular complexity index is 3250. The highest BCUT2D eigenvalue weighted by Crippen LogP contribution is 2.49. The van der Waals surface area contributed by atoms with Crippen LogP contribution in [-0.4, -0.2) is 9.97 Å². The van der Waals surface area contributed by atoms with Crippen LogP contribution >= 0.6 is 0 Å². The highest BCUT2D eigenvalue weighted by atomic mass is 16.3. The van der Waals surface area contributed by atoms with Crippen LogP contribution in [0, 0.1) is 0 Å². The summed E-state index contributed by atoms with van der Waals surface area (Å²) in [5, 5.41) is 4.11. The summed E-state index contributed by atoms with van der Waals surface area (Å²) in [5.41, 5.74) is 19.9. The molecule has 0 unspecified atom stereocenters. The maximum atomic E-state index is 6.19. The van der Waals surface area contributed by atoms with E-state index in [1.54, 1.807) is 12.4 Å². The molecule has 7 aromatic carbocycles. The van der Waals surface area contributed by atoms with E-state index in [0.29, 0.717) is 0 Å². The zero-order chi connectivity index (χ0) is 36.7. The third-order valence-electron chi connectivity index (χ3n) is 11.4. The van der Waals surface area contributed by atoms with Gasteiger partial charge in [0.2, 0.25) is 0 Å². The van der Waals surface area contributed by atoms with Gasteiger partial charge in [0, 0.05) is 46.3 Å². The van der Waals surface area contributed by atoms with Crippen LogP contribution in [-0.2, 0) is 0 Å². The predicted molar refractivity (Wildman–Crippen MR) is 228 cm³/mol. The number of nitrogens with zero attached hydrogens (tertiary/aromatic N) is 2. The van der Waals surface area contributed by atoms with E-state index < -0.39 is 0 Å². The fourth-order valence-electron chi connectivity index (χ4n) is 8.77. The minimum atomic E-state index is 0.835. The molecule has 56 heavy (non-hydrogen) atoms. The number of benzene rings is 7. The molecular formula is C52H30N2O2. The van der Waals surface area contributed by atoms with E-state index in [2.05, 4.69) is 156 Å².